The molecule has 3 heterocycles. The van der Waals surface area contributed by atoms with Crippen LogP contribution >= 0.6 is 39.3 Å². The third-order valence-electron chi connectivity index (χ3n) is 3.95. The van der Waals surface area contributed by atoms with Gasteiger partial charge in [0.25, 0.3) is 0 Å². The van der Waals surface area contributed by atoms with Crippen LogP contribution in [-0.2, 0) is 7.05 Å². The highest BCUT2D eigenvalue weighted by atomic mass is 79.9. The van der Waals surface area contributed by atoms with Gasteiger partial charge in [-0.15, -0.1) is 0 Å². The Morgan fingerprint density at radius 3 is 2.85 bits per heavy atom. The van der Waals surface area contributed by atoms with Crippen LogP contribution in [-0.4, -0.2) is 30.8 Å². The van der Waals surface area contributed by atoms with Gasteiger partial charge in [-0.25, -0.2) is 9.78 Å². The van der Waals surface area contributed by atoms with E-state index in [9.17, 15) is 4.79 Å². The number of nitrogens with one attached hydrogen (secondary N) is 1. The summed E-state index contributed by atoms with van der Waals surface area (Å²) >= 11 is 11.1. The number of benzene rings is 1. The lowest BCUT2D eigenvalue weighted by Gasteiger charge is -2.03. The highest BCUT2D eigenvalue weighted by Crippen LogP contribution is 2.40. The summed E-state index contributed by atoms with van der Waals surface area (Å²) in [6.45, 7) is 0. The van der Waals surface area contributed by atoms with E-state index in [-0.39, 0.29) is 5.69 Å². The van der Waals surface area contributed by atoms with Gasteiger partial charge in [-0.3, -0.25) is 4.68 Å². The highest BCUT2D eigenvalue weighted by Gasteiger charge is 2.15. The SMILES string of the molecule is Cn1cc(-c2ccc3c(Sc4cccc(C(=O)O)n4)c(Br)[nH]c3c2)c(Cl)n1. The molecule has 0 unspecified atom stereocenters. The minimum Gasteiger partial charge on any atom is -0.477 e. The van der Waals surface area contributed by atoms with Gasteiger partial charge in [0.1, 0.15) is 10.7 Å². The van der Waals surface area contributed by atoms with Crippen molar-refractivity contribution in [3.8, 4) is 11.1 Å². The van der Waals surface area contributed by atoms with Crippen molar-refractivity contribution in [2.75, 3.05) is 0 Å². The highest BCUT2D eigenvalue weighted by molar-refractivity contribution is 9.10. The zero-order chi connectivity index (χ0) is 19.1. The second-order valence-electron chi connectivity index (χ2n) is 5.80. The fraction of sp³-hybridized carbons (Fsp3) is 0.0556. The molecule has 0 atom stereocenters. The number of carbonyl (C=O) groups is 1. The van der Waals surface area contributed by atoms with Crippen molar-refractivity contribution in [1.29, 1.82) is 0 Å². The first kappa shape index (κ1) is 18.1. The zero-order valence-electron chi connectivity index (χ0n) is 13.9. The summed E-state index contributed by atoms with van der Waals surface area (Å²) in [5.74, 6) is -1.05. The number of nitrogens with zero attached hydrogens (tertiary/aromatic N) is 3. The topological polar surface area (TPSA) is 83.8 Å². The fourth-order valence-corrected chi connectivity index (χ4v) is 4.63. The summed E-state index contributed by atoms with van der Waals surface area (Å²) in [6.07, 6.45) is 1.87. The molecule has 0 aliphatic carbocycles. The van der Waals surface area contributed by atoms with Gasteiger partial charge in [0.2, 0.25) is 0 Å². The van der Waals surface area contributed by atoms with Gasteiger partial charge >= 0.3 is 5.97 Å². The van der Waals surface area contributed by atoms with Crippen molar-refractivity contribution in [3.05, 3.63) is 58.0 Å². The molecule has 0 saturated carbocycles. The molecule has 0 saturated heterocycles. The second kappa shape index (κ2) is 7.03. The number of H-pyrrole nitrogens is 1. The number of aromatic nitrogens is 4. The van der Waals surface area contributed by atoms with Crippen molar-refractivity contribution in [1.82, 2.24) is 19.7 Å². The van der Waals surface area contributed by atoms with E-state index in [1.54, 1.807) is 16.8 Å². The van der Waals surface area contributed by atoms with Crippen LogP contribution in [0.1, 0.15) is 10.5 Å². The van der Waals surface area contributed by atoms with Crippen molar-refractivity contribution in [2.45, 2.75) is 9.92 Å². The van der Waals surface area contributed by atoms with Crippen LogP contribution in [0.2, 0.25) is 5.15 Å². The van der Waals surface area contributed by atoms with Crippen LogP contribution in [0.3, 0.4) is 0 Å². The van der Waals surface area contributed by atoms with Crippen molar-refractivity contribution in [3.63, 3.8) is 0 Å². The molecule has 3 aromatic heterocycles. The fourth-order valence-electron chi connectivity index (χ4n) is 2.76. The average Bonchev–Trinajstić information content (AvgIpc) is 3.13. The molecular formula is C18H12BrClN4O2S. The van der Waals surface area contributed by atoms with Crippen LogP contribution in [0, 0.1) is 0 Å². The summed E-state index contributed by atoms with van der Waals surface area (Å²) in [5.41, 5.74) is 2.76. The molecule has 0 fully saturated rings. The molecule has 0 spiro atoms. The van der Waals surface area contributed by atoms with Gasteiger partial charge in [0, 0.05) is 29.7 Å². The molecule has 0 radical (unpaired) electrons. The smallest absolute Gasteiger partial charge is 0.354 e. The van der Waals surface area contributed by atoms with Crippen LogP contribution < -0.4 is 0 Å². The Labute approximate surface area is 171 Å². The van der Waals surface area contributed by atoms with Crippen LogP contribution in [0.15, 0.2) is 57.1 Å². The van der Waals surface area contributed by atoms with Crippen LogP contribution in [0.5, 0.6) is 0 Å². The van der Waals surface area contributed by atoms with Gasteiger partial charge < -0.3 is 10.1 Å². The van der Waals surface area contributed by atoms with Crippen molar-refractivity contribution in [2.24, 2.45) is 7.05 Å². The quantitative estimate of drug-likeness (QED) is 0.433. The Morgan fingerprint density at radius 1 is 1.33 bits per heavy atom. The third kappa shape index (κ3) is 3.47. The monoisotopic (exact) mass is 462 g/mol. The van der Waals surface area contributed by atoms with Crippen molar-refractivity contribution >= 4 is 56.2 Å². The molecule has 4 aromatic rings. The summed E-state index contributed by atoms with van der Waals surface area (Å²) in [5, 5.41) is 15.3. The Kier molecular flexibility index (Phi) is 4.71. The number of hydrogen-bond donors (Lipinski definition) is 2. The maximum absolute atomic E-state index is 11.1. The zero-order valence-corrected chi connectivity index (χ0v) is 17.1. The Morgan fingerprint density at radius 2 is 2.15 bits per heavy atom. The number of pyridine rings is 1. The van der Waals surface area contributed by atoms with Gasteiger partial charge in [-0.05, 0) is 39.7 Å². The predicted octanol–water partition coefficient (Wildman–Crippen LogP) is 5.23. The molecule has 9 heteroatoms. The number of fused-ring (bicyclic) bond motifs is 1. The number of halogens is 2. The van der Waals surface area contributed by atoms with Crippen molar-refractivity contribution < 1.29 is 9.90 Å². The molecule has 2 N–H and O–H groups in total. The van der Waals surface area contributed by atoms with E-state index in [0.29, 0.717) is 10.2 Å². The van der Waals surface area contributed by atoms with E-state index >= 15 is 0 Å². The molecule has 1 aromatic carbocycles. The molecular weight excluding hydrogens is 452 g/mol. The Bertz CT molecular complexity index is 1190. The van der Waals surface area contributed by atoms with Gasteiger partial charge in [-0.1, -0.05) is 41.6 Å². The maximum atomic E-state index is 11.1. The van der Waals surface area contributed by atoms with Crippen LogP contribution in [0.4, 0.5) is 0 Å². The minimum atomic E-state index is -1.05. The summed E-state index contributed by atoms with van der Waals surface area (Å²) in [7, 11) is 1.83. The summed E-state index contributed by atoms with van der Waals surface area (Å²) < 4.78 is 2.48. The molecule has 0 amide bonds. The van der Waals surface area contributed by atoms with E-state index in [0.717, 1.165) is 31.5 Å². The van der Waals surface area contributed by atoms with Gasteiger partial charge in [0.05, 0.1) is 9.50 Å². The van der Waals surface area contributed by atoms with E-state index in [1.165, 1.54) is 17.8 Å². The first-order valence-electron chi connectivity index (χ1n) is 7.81. The molecule has 4 rings (SSSR count). The molecule has 27 heavy (non-hydrogen) atoms. The summed E-state index contributed by atoms with van der Waals surface area (Å²) in [4.78, 5) is 19.5. The summed E-state index contributed by atoms with van der Waals surface area (Å²) in [6, 6.07) is 10.9. The Balaban J connectivity index is 1.74. The lowest BCUT2D eigenvalue weighted by Crippen LogP contribution is -1.99. The molecule has 0 aliphatic rings. The van der Waals surface area contributed by atoms with E-state index < -0.39 is 5.97 Å². The molecule has 0 aliphatic heterocycles. The molecule has 6 nitrogen and oxygen atoms in total. The number of carboxylic acid groups (broad SMARTS) is 1. The van der Waals surface area contributed by atoms with Gasteiger partial charge in [0.15, 0.2) is 5.15 Å². The number of rotatable bonds is 4. The van der Waals surface area contributed by atoms with Gasteiger partial charge in [-0.2, -0.15) is 5.10 Å². The molecule has 0 bridgehead atoms. The number of carboxylic acids is 1. The first-order chi connectivity index (χ1) is 12.9. The largest absolute Gasteiger partial charge is 0.477 e. The Hall–Kier alpha value is -2.29. The number of aryl methyl sites for hydroxylation is 1. The lowest BCUT2D eigenvalue weighted by atomic mass is 10.1. The third-order valence-corrected chi connectivity index (χ3v) is 6.15. The number of aromatic amines is 1. The minimum absolute atomic E-state index is 0.0180. The van der Waals surface area contributed by atoms with E-state index in [1.807, 2.05) is 31.4 Å². The number of hydrogen-bond acceptors (Lipinski definition) is 4. The van der Waals surface area contributed by atoms with Crippen LogP contribution in [0.25, 0.3) is 22.0 Å². The average molecular weight is 464 g/mol. The lowest BCUT2D eigenvalue weighted by molar-refractivity contribution is 0.0689. The molecule has 136 valence electrons. The standard InChI is InChI=1S/C18H12BrClN4O2S/c1-24-8-11(17(20)23-24)9-5-6-10-13(7-9)22-16(19)15(10)27-14-4-2-3-12(21-14)18(25)26/h2-8,22H,1H3,(H,25,26). The maximum Gasteiger partial charge on any atom is 0.354 e. The normalized spacial score (nSPS) is 11.2. The first-order valence-corrected chi connectivity index (χ1v) is 9.80. The van der Waals surface area contributed by atoms with E-state index in [4.69, 9.17) is 16.7 Å². The number of aromatic carboxylic acids is 1. The van der Waals surface area contributed by atoms with E-state index in [2.05, 4.69) is 31.0 Å². The second-order valence-corrected chi connectivity index (χ2v) is 7.99. The predicted molar refractivity (Wildman–Crippen MR) is 109 cm³/mol.